The second-order valence-electron chi connectivity index (χ2n) is 8.34. The summed E-state index contributed by atoms with van der Waals surface area (Å²) in [6, 6.07) is 3.98. The van der Waals surface area contributed by atoms with E-state index in [0.717, 1.165) is 60.9 Å². The molecule has 1 aliphatic heterocycles. The van der Waals surface area contributed by atoms with Crippen LogP contribution in [0.3, 0.4) is 0 Å². The molecule has 4 heterocycles. The van der Waals surface area contributed by atoms with Crippen LogP contribution in [0.25, 0.3) is 11.4 Å². The lowest BCUT2D eigenvalue weighted by atomic mass is 10.1. The van der Waals surface area contributed by atoms with Crippen LogP contribution in [0.4, 0.5) is 0 Å². The lowest BCUT2D eigenvalue weighted by molar-refractivity contribution is -0.130. The van der Waals surface area contributed by atoms with Gasteiger partial charge in [-0.05, 0) is 57.2 Å². The number of amides is 1. The Kier molecular flexibility index (Phi) is 5.70. The van der Waals surface area contributed by atoms with E-state index in [1.165, 1.54) is 5.56 Å². The van der Waals surface area contributed by atoms with Gasteiger partial charge in [0.25, 0.3) is 0 Å². The first kappa shape index (κ1) is 20.3. The van der Waals surface area contributed by atoms with E-state index in [-0.39, 0.29) is 5.91 Å². The van der Waals surface area contributed by atoms with Gasteiger partial charge in [-0.15, -0.1) is 0 Å². The molecule has 0 aromatic carbocycles. The van der Waals surface area contributed by atoms with Crippen molar-refractivity contribution in [3.8, 4) is 11.4 Å². The predicted molar refractivity (Wildman–Crippen MR) is 116 cm³/mol. The molecule has 7 nitrogen and oxygen atoms in total. The first-order valence-corrected chi connectivity index (χ1v) is 10.6. The first-order valence-electron chi connectivity index (χ1n) is 10.6. The molecular formula is C23H30N6O. The van der Waals surface area contributed by atoms with E-state index in [1.54, 1.807) is 12.4 Å². The summed E-state index contributed by atoms with van der Waals surface area (Å²) in [6.07, 6.45) is 7.86. The number of aryl methyl sites for hydroxylation is 3. The van der Waals surface area contributed by atoms with Crippen LogP contribution < -0.4 is 0 Å². The van der Waals surface area contributed by atoms with Gasteiger partial charge in [-0.3, -0.25) is 14.5 Å². The Hall–Kier alpha value is -2.96. The zero-order valence-corrected chi connectivity index (χ0v) is 18.3. The predicted octanol–water partition coefficient (Wildman–Crippen LogP) is 3.09. The molecule has 1 unspecified atom stereocenters. The topological polar surface area (TPSA) is 68.8 Å². The standard InChI is InChI=1S/C23H30N6O/c1-16-13-25-23(20-7-10-24-11-8-20)29(16)15-19-9-12-28(14-19)22(30)6-5-21-17(2)26-27(4)18(21)3/h7-8,10-11,13,19H,5-6,9,12,14-15H2,1-4H3. The third kappa shape index (κ3) is 4.01. The molecular weight excluding hydrogens is 376 g/mol. The summed E-state index contributed by atoms with van der Waals surface area (Å²) in [5.74, 6) is 1.67. The number of likely N-dealkylation sites (tertiary alicyclic amines) is 1. The summed E-state index contributed by atoms with van der Waals surface area (Å²) in [7, 11) is 1.96. The van der Waals surface area contributed by atoms with Crippen LogP contribution in [0.1, 0.15) is 35.5 Å². The molecule has 3 aromatic rings. The highest BCUT2D eigenvalue weighted by atomic mass is 16.2. The normalized spacial score (nSPS) is 16.4. The van der Waals surface area contributed by atoms with E-state index in [1.807, 2.05) is 41.9 Å². The lowest BCUT2D eigenvalue weighted by Gasteiger charge is -2.18. The Morgan fingerprint density at radius 1 is 1.20 bits per heavy atom. The highest BCUT2D eigenvalue weighted by molar-refractivity contribution is 5.76. The largest absolute Gasteiger partial charge is 0.342 e. The van der Waals surface area contributed by atoms with Crippen molar-refractivity contribution < 1.29 is 4.79 Å². The fraction of sp³-hybridized carbons (Fsp3) is 0.478. The number of hydrogen-bond donors (Lipinski definition) is 0. The average molecular weight is 407 g/mol. The minimum absolute atomic E-state index is 0.247. The number of nitrogens with zero attached hydrogens (tertiary/aromatic N) is 6. The van der Waals surface area contributed by atoms with Gasteiger partial charge in [-0.25, -0.2) is 4.98 Å². The lowest BCUT2D eigenvalue weighted by Crippen LogP contribution is -2.29. The molecule has 3 aromatic heterocycles. The first-order chi connectivity index (χ1) is 14.4. The van der Waals surface area contributed by atoms with Gasteiger partial charge in [0.15, 0.2) is 0 Å². The Labute approximate surface area is 177 Å². The van der Waals surface area contributed by atoms with Crippen molar-refractivity contribution in [2.24, 2.45) is 13.0 Å². The van der Waals surface area contributed by atoms with E-state index in [0.29, 0.717) is 12.3 Å². The summed E-state index contributed by atoms with van der Waals surface area (Å²) in [5.41, 5.74) is 5.61. The van der Waals surface area contributed by atoms with Crippen LogP contribution >= 0.6 is 0 Å². The zero-order valence-electron chi connectivity index (χ0n) is 18.3. The third-order valence-electron chi connectivity index (χ3n) is 6.32. The number of aromatic nitrogens is 5. The van der Waals surface area contributed by atoms with Gasteiger partial charge in [0.1, 0.15) is 5.82 Å². The molecule has 30 heavy (non-hydrogen) atoms. The second-order valence-corrected chi connectivity index (χ2v) is 8.34. The van der Waals surface area contributed by atoms with Crippen LogP contribution in [-0.4, -0.2) is 48.2 Å². The number of carbonyl (C=O) groups is 1. The number of carbonyl (C=O) groups excluding carboxylic acids is 1. The molecule has 0 saturated carbocycles. The van der Waals surface area contributed by atoms with Crippen molar-refractivity contribution in [2.75, 3.05) is 13.1 Å². The molecule has 0 radical (unpaired) electrons. The van der Waals surface area contributed by atoms with Crippen LogP contribution in [0.15, 0.2) is 30.7 Å². The van der Waals surface area contributed by atoms with Crippen molar-refractivity contribution in [2.45, 2.75) is 46.6 Å². The molecule has 1 aliphatic rings. The maximum atomic E-state index is 12.8. The monoisotopic (exact) mass is 406 g/mol. The summed E-state index contributed by atoms with van der Waals surface area (Å²) >= 11 is 0. The van der Waals surface area contributed by atoms with Crippen molar-refractivity contribution in [1.82, 2.24) is 29.2 Å². The number of imidazole rings is 1. The van der Waals surface area contributed by atoms with E-state index in [4.69, 9.17) is 0 Å². The molecule has 4 rings (SSSR count). The Balaban J connectivity index is 1.37. The zero-order chi connectivity index (χ0) is 21.3. The quantitative estimate of drug-likeness (QED) is 0.631. The van der Waals surface area contributed by atoms with Gasteiger partial charge in [0.05, 0.1) is 5.69 Å². The smallest absolute Gasteiger partial charge is 0.222 e. The van der Waals surface area contributed by atoms with E-state index in [9.17, 15) is 4.79 Å². The molecule has 0 aliphatic carbocycles. The Morgan fingerprint density at radius 2 is 1.97 bits per heavy atom. The number of hydrogen-bond acceptors (Lipinski definition) is 4. The average Bonchev–Trinajstić information content (AvgIpc) is 3.41. The van der Waals surface area contributed by atoms with Gasteiger partial charge >= 0.3 is 0 Å². The molecule has 1 amide bonds. The maximum Gasteiger partial charge on any atom is 0.222 e. The highest BCUT2D eigenvalue weighted by Gasteiger charge is 2.27. The van der Waals surface area contributed by atoms with Crippen molar-refractivity contribution >= 4 is 5.91 Å². The summed E-state index contributed by atoms with van der Waals surface area (Å²) in [5, 5.41) is 4.46. The molecule has 158 valence electrons. The Morgan fingerprint density at radius 3 is 2.67 bits per heavy atom. The summed E-state index contributed by atoms with van der Waals surface area (Å²) in [4.78, 5) is 23.6. The molecule has 0 N–H and O–H groups in total. The molecule has 0 bridgehead atoms. The third-order valence-corrected chi connectivity index (χ3v) is 6.32. The highest BCUT2D eigenvalue weighted by Crippen LogP contribution is 2.25. The second kappa shape index (κ2) is 8.42. The van der Waals surface area contributed by atoms with Gasteiger partial charge in [0, 0.05) is 68.6 Å². The van der Waals surface area contributed by atoms with Gasteiger partial charge in [-0.1, -0.05) is 0 Å². The Bertz CT molecular complexity index is 1040. The molecule has 7 heteroatoms. The van der Waals surface area contributed by atoms with Gasteiger partial charge < -0.3 is 9.47 Å². The fourth-order valence-electron chi connectivity index (χ4n) is 4.46. The minimum Gasteiger partial charge on any atom is -0.342 e. The number of pyridine rings is 1. The van der Waals surface area contributed by atoms with Gasteiger partial charge in [-0.2, -0.15) is 5.10 Å². The van der Waals surface area contributed by atoms with Gasteiger partial charge in [0.2, 0.25) is 5.91 Å². The molecule has 0 spiro atoms. The van der Waals surface area contributed by atoms with E-state index in [2.05, 4.69) is 33.5 Å². The van der Waals surface area contributed by atoms with Crippen LogP contribution in [-0.2, 0) is 24.8 Å². The van der Waals surface area contributed by atoms with E-state index >= 15 is 0 Å². The van der Waals surface area contributed by atoms with Crippen molar-refractivity contribution in [3.63, 3.8) is 0 Å². The van der Waals surface area contributed by atoms with E-state index < -0.39 is 0 Å². The van der Waals surface area contributed by atoms with Crippen LogP contribution in [0.2, 0.25) is 0 Å². The van der Waals surface area contributed by atoms with Crippen molar-refractivity contribution in [3.05, 3.63) is 53.4 Å². The minimum atomic E-state index is 0.247. The van der Waals surface area contributed by atoms with Crippen LogP contribution in [0.5, 0.6) is 0 Å². The SMILES string of the molecule is Cc1nn(C)c(C)c1CCC(=O)N1CCC(Cn2c(C)cnc2-c2ccncc2)C1. The van der Waals surface area contributed by atoms with Crippen LogP contribution in [0, 0.1) is 26.7 Å². The summed E-state index contributed by atoms with van der Waals surface area (Å²) < 4.78 is 4.17. The molecule has 1 fully saturated rings. The molecule has 1 saturated heterocycles. The fourth-order valence-corrected chi connectivity index (χ4v) is 4.46. The number of rotatable bonds is 6. The van der Waals surface area contributed by atoms with Crippen molar-refractivity contribution in [1.29, 1.82) is 0 Å². The maximum absolute atomic E-state index is 12.8. The summed E-state index contributed by atoms with van der Waals surface area (Å²) in [6.45, 7) is 8.72. The molecule has 1 atom stereocenters.